The Balaban J connectivity index is 2.19. The second kappa shape index (κ2) is 3.15. The molecule has 0 spiro atoms. The summed E-state index contributed by atoms with van der Waals surface area (Å²) in [5, 5.41) is 0. The van der Waals surface area contributed by atoms with E-state index in [1.165, 1.54) is 0 Å². The van der Waals surface area contributed by atoms with Crippen molar-refractivity contribution in [3.05, 3.63) is 22.3 Å². The van der Waals surface area contributed by atoms with Crippen LogP contribution in [0.15, 0.2) is 16.7 Å². The maximum absolute atomic E-state index is 12.6. The van der Waals surface area contributed by atoms with Crippen molar-refractivity contribution in [3.8, 4) is 0 Å². The average molecular weight is 263 g/mol. The summed E-state index contributed by atoms with van der Waals surface area (Å²) in [7, 11) is 0. The summed E-state index contributed by atoms with van der Waals surface area (Å²) in [6, 6.07) is 3.48. The Labute approximate surface area is 88.6 Å². The number of aromatic nitrogens is 1. The van der Waals surface area contributed by atoms with E-state index < -0.39 is 5.92 Å². The van der Waals surface area contributed by atoms with E-state index in [2.05, 4.69) is 20.9 Å². The molecule has 5 heteroatoms. The zero-order chi connectivity index (χ0) is 10.3. The van der Waals surface area contributed by atoms with Gasteiger partial charge in [0.05, 0.1) is 0 Å². The molecule has 76 valence electrons. The van der Waals surface area contributed by atoms with Crippen molar-refractivity contribution >= 4 is 21.7 Å². The predicted molar refractivity (Wildman–Crippen MR) is 53.3 cm³/mol. The lowest BCUT2D eigenvalue weighted by atomic mass is 9.77. The van der Waals surface area contributed by atoms with Gasteiger partial charge in [-0.2, -0.15) is 0 Å². The smallest absolute Gasteiger partial charge is 0.249 e. The Morgan fingerprint density at radius 2 is 2.07 bits per heavy atom. The molecule has 1 fully saturated rings. The Kier molecular flexibility index (Phi) is 2.21. The number of anilines is 1. The number of alkyl halides is 2. The first kappa shape index (κ1) is 9.83. The molecule has 1 saturated carbocycles. The molecule has 0 aromatic carbocycles. The second-order valence-corrected chi connectivity index (χ2v) is 4.38. The fourth-order valence-electron chi connectivity index (χ4n) is 1.69. The van der Waals surface area contributed by atoms with Crippen LogP contribution >= 0.6 is 15.9 Å². The summed E-state index contributed by atoms with van der Waals surface area (Å²) >= 11 is 3.17. The van der Waals surface area contributed by atoms with Gasteiger partial charge in [-0.05, 0) is 33.5 Å². The van der Waals surface area contributed by atoms with Crippen molar-refractivity contribution < 1.29 is 8.78 Å². The number of rotatable bonds is 1. The minimum absolute atomic E-state index is 0.111. The van der Waals surface area contributed by atoms with Crippen LogP contribution in [-0.2, 0) is 0 Å². The molecule has 2 N–H and O–H groups in total. The molecule has 0 unspecified atom stereocenters. The van der Waals surface area contributed by atoms with E-state index in [4.69, 9.17) is 5.73 Å². The van der Waals surface area contributed by atoms with Gasteiger partial charge in [0.2, 0.25) is 5.92 Å². The quantitative estimate of drug-likeness (QED) is 0.791. The van der Waals surface area contributed by atoms with E-state index in [-0.39, 0.29) is 18.8 Å². The molecule has 0 bridgehead atoms. The number of nitrogens with zero attached hydrogens (tertiary/aromatic N) is 1. The molecule has 0 atom stereocenters. The molecule has 14 heavy (non-hydrogen) atoms. The number of hydrogen-bond donors (Lipinski definition) is 1. The molecule has 2 rings (SSSR count). The van der Waals surface area contributed by atoms with Gasteiger partial charge in [0.15, 0.2) is 0 Å². The third-order valence-corrected chi connectivity index (χ3v) is 2.90. The summed E-state index contributed by atoms with van der Waals surface area (Å²) in [4.78, 5) is 3.97. The topological polar surface area (TPSA) is 38.9 Å². The summed E-state index contributed by atoms with van der Waals surface area (Å²) < 4.78 is 25.9. The Morgan fingerprint density at radius 1 is 1.43 bits per heavy atom. The van der Waals surface area contributed by atoms with Crippen LogP contribution in [0, 0.1) is 0 Å². The highest BCUT2D eigenvalue weighted by atomic mass is 79.9. The minimum atomic E-state index is -2.51. The zero-order valence-electron chi connectivity index (χ0n) is 7.30. The maximum Gasteiger partial charge on any atom is 0.249 e. The standard InChI is InChI=1S/C9H9BrF2N2/c10-7-2-1-6(8(13)14-7)5-3-9(11,12)4-5/h1-2,5H,3-4H2,(H2,13,14). The largest absolute Gasteiger partial charge is 0.383 e. The molecule has 0 radical (unpaired) electrons. The molecule has 1 heterocycles. The first-order valence-electron chi connectivity index (χ1n) is 4.28. The van der Waals surface area contributed by atoms with E-state index in [0.29, 0.717) is 10.4 Å². The first-order chi connectivity index (χ1) is 6.48. The molecular formula is C9H9BrF2N2. The zero-order valence-corrected chi connectivity index (χ0v) is 8.89. The third kappa shape index (κ3) is 1.73. The summed E-state index contributed by atoms with van der Waals surface area (Å²) in [6.07, 6.45) is -0.221. The summed E-state index contributed by atoms with van der Waals surface area (Å²) in [5.74, 6) is -2.30. The fraction of sp³-hybridized carbons (Fsp3) is 0.444. The van der Waals surface area contributed by atoms with Crippen molar-refractivity contribution in [2.24, 2.45) is 0 Å². The maximum atomic E-state index is 12.6. The Morgan fingerprint density at radius 3 is 2.57 bits per heavy atom. The molecule has 1 aliphatic rings. The summed E-state index contributed by atoms with van der Waals surface area (Å²) in [5.41, 5.74) is 6.37. The van der Waals surface area contributed by atoms with Crippen molar-refractivity contribution in [2.75, 3.05) is 5.73 Å². The number of hydrogen-bond acceptors (Lipinski definition) is 2. The van der Waals surface area contributed by atoms with Gasteiger partial charge >= 0.3 is 0 Å². The van der Waals surface area contributed by atoms with E-state index in [0.717, 1.165) is 5.56 Å². The van der Waals surface area contributed by atoms with Crippen LogP contribution in [0.1, 0.15) is 24.3 Å². The Bertz CT molecular complexity index is 360. The van der Waals surface area contributed by atoms with E-state index in [9.17, 15) is 8.78 Å². The highest BCUT2D eigenvalue weighted by molar-refractivity contribution is 9.10. The van der Waals surface area contributed by atoms with E-state index in [1.54, 1.807) is 12.1 Å². The molecule has 1 aromatic heterocycles. The highest BCUT2D eigenvalue weighted by Gasteiger charge is 2.46. The monoisotopic (exact) mass is 262 g/mol. The Hall–Kier alpha value is -0.710. The molecule has 0 saturated heterocycles. The van der Waals surface area contributed by atoms with Gasteiger partial charge in [-0.1, -0.05) is 6.07 Å². The van der Waals surface area contributed by atoms with Crippen molar-refractivity contribution in [1.82, 2.24) is 4.98 Å². The SMILES string of the molecule is Nc1nc(Br)ccc1C1CC(F)(F)C1. The molecular weight excluding hydrogens is 254 g/mol. The van der Waals surface area contributed by atoms with Crippen molar-refractivity contribution in [2.45, 2.75) is 24.7 Å². The van der Waals surface area contributed by atoms with Crippen LogP contribution in [-0.4, -0.2) is 10.9 Å². The van der Waals surface area contributed by atoms with Gasteiger partial charge in [-0.3, -0.25) is 0 Å². The highest BCUT2D eigenvalue weighted by Crippen LogP contribution is 2.49. The van der Waals surface area contributed by atoms with Crippen LogP contribution in [0.2, 0.25) is 0 Å². The van der Waals surface area contributed by atoms with Gasteiger partial charge in [0.25, 0.3) is 0 Å². The lowest BCUT2D eigenvalue weighted by molar-refractivity contribution is -0.0866. The lowest BCUT2D eigenvalue weighted by Crippen LogP contribution is -2.34. The predicted octanol–water partition coefficient (Wildman–Crippen LogP) is 2.94. The van der Waals surface area contributed by atoms with Gasteiger partial charge in [0, 0.05) is 12.8 Å². The number of nitrogens with two attached hydrogens (primary N) is 1. The van der Waals surface area contributed by atoms with Gasteiger partial charge in [-0.25, -0.2) is 13.8 Å². The van der Waals surface area contributed by atoms with Crippen molar-refractivity contribution in [1.29, 1.82) is 0 Å². The molecule has 1 aromatic rings. The van der Waals surface area contributed by atoms with Crippen LogP contribution in [0.25, 0.3) is 0 Å². The number of pyridine rings is 1. The van der Waals surface area contributed by atoms with Crippen molar-refractivity contribution in [3.63, 3.8) is 0 Å². The molecule has 1 aliphatic carbocycles. The van der Waals surface area contributed by atoms with E-state index >= 15 is 0 Å². The third-order valence-electron chi connectivity index (χ3n) is 2.45. The van der Waals surface area contributed by atoms with Crippen LogP contribution < -0.4 is 5.73 Å². The lowest BCUT2D eigenvalue weighted by Gasteiger charge is -2.35. The van der Waals surface area contributed by atoms with Crippen LogP contribution in [0.4, 0.5) is 14.6 Å². The van der Waals surface area contributed by atoms with Gasteiger partial charge in [-0.15, -0.1) is 0 Å². The van der Waals surface area contributed by atoms with E-state index in [1.807, 2.05) is 0 Å². The number of nitrogen functional groups attached to an aromatic ring is 1. The van der Waals surface area contributed by atoms with Gasteiger partial charge in [0.1, 0.15) is 10.4 Å². The average Bonchev–Trinajstić information content (AvgIpc) is 2.00. The van der Waals surface area contributed by atoms with Crippen LogP contribution in [0.5, 0.6) is 0 Å². The molecule has 0 aliphatic heterocycles. The second-order valence-electron chi connectivity index (χ2n) is 3.57. The normalized spacial score (nSPS) is 20.5. The van der Waals surface area contributed by atoms with Gasteiger partial charge < -0.3 is 5.73 Å². The fourth-order valence-corrected chi connectivity index (χ4v) is 2.01. The van der Waals surface area contributed by atoms with Crippen LogP contribution in [0.3, 0.4) is 0 Å². The summed E-state index contributed by atoms with van der Waals surface area (Å²) in [6.45, 7) is 0. The molecule has 2 nitrogen and oxygen atoms in total. The molecule has 0 amide bonds. The first-order valence-corrected chi connectivity index (χ1v) is 5.07. The minimum Gasteiger partial charge on any atom is -0.383 e. The number of halogens is 3.